The Balaban J connectivity index is 1.74. The summed E-state index contributed by atoms with van der Waals surface area (Å²) in [6, 6.07) is 13.2. The van der Waals surface area contributed by atoms with Gasteiger partial charge in [-0.1, -0.05) is 32.0 Å². The van der Waals surface area contributed by atoms with E-state index in [2.05, 4.69) is 24.5 Å². The highest BCUT2D eigenvalue weighted by Crippen LogP contribution is 2.28. The maximum Gasteiger partial charge on any atom is 0.255 e. The van der Waals surface area contributed by atoms with E-state index in [-0.39, 0.29) is 11.8 Å². The van der Waals surface area contributed by atoms with Crippen LogP contribution in [0.4, 0.5) is 5.69 Å². The second-order valence-electron chi connectivity index (χ2n) is 6.97. The van der Waals surface area contributed by atoms with Gasteiger partial charge in [-0.05, 0) is 61.1 Å². The zero-order chi connectivity index (χ0) is 18.0. The van der Waals surface area contributed by atoms with Crippen molar-refractivity contribution in [1.82, 2.24) is 5.32 Å². The molecule has 0 heterocycles. The zero-order valence-electron chi connectivity index (χ0n) is 14.9. The molecular formula is C21H24N2O2. The van der Waals surface area contributed by atoms with Crippen LogP contribution in [0.25, 0.3) is 0 Å². The third-order valence-corrected chi connectivity index (χ3v) is 4.49. The molecule has 3 rings (SSSR count). The van der Waals surface area contributed by atoms with Crippen molar-refractivity contribution in [2.45, 2.75) is 45.6 Å². The summed E-state index contributed by atoms with van der Waals surface area (Å²) in [7, 11) is 0. The normalized spacial score (nSPS) is 13.6. The highest BCUT2D eigenvalue weighted by atomic mass is 16.2. The van der Waals surface area contributed by atoms with Crippen LogP contribution in [0.3, 0.4) is 0 Å². The van der Waals surface area contributed by atoms with Crippen molar-refractivity contribution in [2.75, 3.05) is 5.32 Å². The van der Waals surface area contributed by atoms with E-state index in [9.17, 15) is 9.59 Å². The lowest BCUT2D eigenvalue weighted by Crippen LogP contribution is -2.25. The first-order valence-corrected chi connectivity index (χ1v) is 8.77. The fraction of sp³-hybridized carbons (Fsp3) is 0.333. The Bertz CT molecular complexity index is 790. The predicted molar refractivity (Wildman–Crippen MR) is 100 cm³/mol. The van der Waals surface area contributed by atoms with E-state index in [0.717, 1.165) is 29.7 Å². The zero-order valence-corrected chi connectivity index (χ0v) is 14.9. The molecule has 2 N–H and O–H groups in total. The van der Waals surface area contributed by atoms with Crippen molar-refractivity contribution in [1.29, 1.82) is 0 Å². The summed E-state index contributed by atoms with van der Waals surface area (Å²) >= 11 is 0. The van der Waals surface area contributed by atoms with Crippen LogP contribution in [-0.4, -0.2) is 17.9 Å². The van der Waals surface area contributed by atoms with Crippen molar-refractivity contribution in [3.63, 3.8) is 0 Å². The summed E-state index contributed by atoms with van der Waals surface area (Å²) < 4.78 is 0. The molecule has 1 aliphatic carbocycles. The SMILES string of the molecule is Cc1cccc(C(C)C)c1NC(=O)c1ccc(C(=O)NC2CC2)cc1. The quantitative estimate of drug-likeness (QED) is 0.857. The lowest BCUT2D eigenvalue weighted by Gasteiger charge is -2.16. The van der Waals surface area contributed by atoms with Gasteiger partial charge in [0, 0.05) is 22.9 Å². The Hall–Kier alpha value is -2.62. The third-order valence-electron chi connectivity index (χ3n) is 4.49. The number of benzene rings is 2. The molecule has 4 heteroatoms. The highest BCUT2D eigenvalue weighted by molar-refractivity contribution is 6.05. The number of amides is 2. The van der Waals surface area contributed by atoms with Gasteiger partial charge in [-0.15, -0.1) is 0 Å². The molecule has 0 unspecified atom stereocenters. The van der Waals surface area contributed by atoms with Gasteiger partial charge in [-0.2, -0.15) is 0 Å². The number of para-hydroxylation sites is 1. The Morgan fingerprint density at radius 3 is 2.12 bits per heavy atom. The van der Waals surface area contributed by atoms with Crippen LogP contribution in [0.1, 0.15) is 64.4 Å². The molecule has 2 aromatic rings. The fourth-order valence-corrected chi connectivity index (χ4v) is 2.80. The molecule has 4 nitrogen and oxygen atoms in total. The number of anilines is 1. The van der Waals surface area contributed by atoms with Gasteiger partial charge in [-0.3, -0.25) is 9.59 Å². The van der Waals surface area contributed by atoms with Crippen molar-refractivity contribution >= 4 is 17.5 Å². The van der Waals surface area contributed by atoms with Crippen molar-refractivity contribution < 1.29 is 9.59 Å². The molecule has 0 aromatic heterocycles. The fourth-order valence-electron chi connectivity index (χ4n) is 2.80. The summed E-state index contributed by atoms with van der Waals surface area (Å²) in [5.74, 6) is 0.0875. The van der Waals surface area contributed by atoms with Gasteiger partial charge in [0.1, 0.15) is 0 Å². The van der Waals surface area contributed by atoms with Gasteiger partial charge < -0.3 is 10.6 Å². The number of hydrogen-bond acceptors (Lipinski definition) is 2. The summed E-state index contributed by atoms with van der Waals surface area (Å²) in [4.78, 5) is 24.6. The summed E-state index contributed by atoms with van der Waals surface area (Å²) in [6.07, 6.45) is 2.11. The van der Waals surface area contributed by atoms with Crippen LogP contribution >= 0.6 is 0 Å². The lowest BCUT2D eigenvalue weighted by molar-refractivity contribution is 0.0949. The van der Waals surface area contributed by atoms with Gasteiger partial charge in [0.2, 0.25) is 0 Å². The lowest BCUT2D eigenvalue weighted by atomic mass is 9.98. The van der Waals surface area contributed by atoms with E-state index in [4.69, 9.17) is 0 Å². The van der Waals surface area contributed by atoms with Gasteiger partial charge in [-0.25, -0.2) is 0 Å². The van der Waals surface area contributed by atoms with E-state index in [1.165, 1.54) is 0 Å². The molecule has 2 amide bonds. The second-order valence-corrected chi connectivity index (χ2v) is 6.97. The first-order valence-electron chi connectivity index (χ1n) is 8.77. The molecule has 0 spiro atoms. The van der Waals surface area contributed by atoms with Gasteiger partial charge in [0.25, 0.3) is 11.8 Å². The van der Waals surface area contributed by atoms with E-state index < -0.39 is 0 Å². The molecule has 1 fully saturated rings. The Kier molecular flexibility index (Phi) is 4.88. The maximum atomic E-state index is 12.6. The van der Waals surface area contributed by atoms with E-state index >= 15 is 0 Å². The maximum absolute atomic E-state index is 12.6. The number of rotatable bonds is 5. The van der Waals surface area contributed by atoms with E-state index in [0.29, 0.717) is 23.1 Å². The number of hydrogen-bond donors (Lipinski definition) is 2. The Labute approximate surface area is 148 Å². The minimum atomic E-state index is -0.162. The Morgan fingerprint density at radius 1 is 0.960 bits per heavy atom. The number of nitrogens with one attached hydrogen (secondary N) is 2. The first-order chi connectivity index (χ1) is 12.0. The molecule has 0 bridgehead atoms. The Morgan fingerprint density at radius 2 is 1.56 bits per heavy atom. The predicted octanol–water partition coefficient (Wildman–Crippen LogP) is 4.26. The smallest absolute Gasteiger partial charge is 0.255 e. The molecule has 0 aliphatic heterocycles. The van der Waals surface area contributed by atoms with Gasteiger partial charge in [0.05, 0.1) is 0 Å². The molecule has 0 atom stereocenters. The molecule has 1 aliphatic rings. The van der Waals surface area contributed by atoms with Crippen molar-refractivity contribution in [2.24, 2.45) is 0 Å². The highest BCUT2D eigenvalue weighted by Gasteiger charge is 2.23. The number of aryl methyl sites for hydroxylation is 1. The van der Waals surface area contributed by atoms with Crippen molar-refractivity contribution in [3.05, 3.63) is 64.7 Å². The third kappa shape index (κ3) is 4.08. The molecule has 0 saturated heterocycles. The van der Waals surface area contributed by atoms with Crippen LogP contribution in [0, 0.1) is 6.92 Å². The minimum absolute atomic E-state index is 0.0737. The van der Waals surface area contributed by atoms with Crippen LogP contribution in [-0.2, 0) is 0 Å². The molecule has 130 valence electrons. The summed E-state index contributed by atoms with van der Waals surface area (Å²) in [5, 5.41) is 5.97. The van der Waals surface area contributed by atoms with Gasteiger partial charge in [0.15, 0.2) is 0 Å². The topological polar surface area (TPSA) is 58.2 Å². The average Bonchev–Trinajstić information content (AvgIpc) is 3.40. The summed E-state index contributed by atoms with van der Waals surface area (Å²) in [5.41, 5.74) is 4.16. The monoisotopic (exact) mass is 336 g/mol. The largest absolute Gasteiger partial charge is 0.349 e. The average molecular weight is 336 g/mol. The number of carbonyl (C=O) groups is 2. The second kappa shape index (κ2) is 7.09. The number of carbonyl (C=O) groups excluding carboxylic acids is 2. The summed E-state index contributed by atoms with van der Waals surface area (Å²) in [6.45, 7) is 6.21. The molecule has 2 aromatic carbocycles. The standard InChI is InChI=1S/C21H24N2O2/c1-13(2)18-6-4-5-14(3)19(18)23-21(25)16-9-7-15(8-10-16)20(24)22-17-11-12-17/h4-10,13,17H,11-12H2,1-3H3,(H,22,24)(H,23,25). The van der Waals surface area contributed by atoms with Crippen LogP contribution < -0.4 is 10.6 Å². The molecule has 0 radical (unpaired) electrons. The molecular weight excluding hydrogens is 312 g/mol. The van der Waals surface area contributed by atoms with Crippen molar-refractivity contribution in [3.8, 4) is 0 Å². The first kappa shape index (κ1) is 17.2. The molecule has 1 saturated carbocycles. The van der Waals surface area contributed by atoms with Crippen LogP contribution in [0.2, 0.25) is 0 Å². The van der Waals surface area contributed by atoms with Gasteiger partial charge >= 0.3 is 0 Å². The molecule has 25 heavy (non-hydrogen) atoms. The van der Waals surface area contributed by atoms with E-state index in [1.807, 2.05) is 25.1 Å². The van der Waals surface area contributed by atoms with E-state index in [1.54, 1.807) is 24.3 Å². The van der Waals surface area contributed by atoms with Crippen LogP contribution in [0.5, 0.6) is 0 Å². The van der Waals surface area contributed by atoms with Crippen LogP contribution in [0.15, 0.2) is 42.5 Å². The minimum Gasteiger partial charge on any atom is -0.349 e.